The summed E-state index contributed by atoms with van der Waals surface area (Å²) in [5.41, 5.74) is 7.67. The van der Waals surface area contributed by atoms with Crippen LogP contribution in [0.25, 0.3) is 27.3 Å². The smallest absolute Gasteiger partial charge is 0.222 e. The molecule has 6 nitrogen and oxygen atoms in total. The van der Waals surface area contributed by atoms with Gasteiger partial charge in [0.25, 0.3) is 0 Å². The van der Waals surface area contributed by atoms with Crippen molar-refractivity contribution >= 4 is 34.5 Å². The molecule has 5 aromatic rings. The number of imidazole rings is 1. The number of H-pyrrole nitrogens is 1. The van der Waals surface area contributed by atoms with Crippen LogP contribution in [0, 0.1) is 0 Å². The van der Waals surface area contributed by atoms with Crippen molar-refractivity contribution in [2.45, 2.75) is 0 Å². The summed E-state index contributed by atoms with van der Waals surface area (Å²) in [6.07, 6.45) is 3.75. The summed E-state index contributed by atoms with van der Waals surface area (Å²) in [7, 11) is 0. The summed E-state index contributed by atoms with van der Waals surface area (Å²) in [6.45, 7) is 0. The van der Waals surface area contributed by atoms with Crippen LogP contribution in [0.1, 0.15) is 5.56 Å². The molecule has 0 unspecified atom stereocenters. The number of aromatic amines is 1. The highest BCUT2D eigenvalue weighted by Crippen LogP contribution is 2.27. The minimum absolute atomic E-state index is 0.602. The Balaban J connectivity index is 1.46. The van der Waals surface area contributed by atoms with Crippen molar-refractivity contribution in [3.8, 4) is 16.3 Å². The van der Waals surface area contributed by atoms with Gasteiger partial charge >= 0.3 is 0 Å². The molecule has 0 saturated carbocycles. The number of anilines is 1. The van der Waals surface area contributed by atoms with E-state index < -0.39 is 0 Å². The minimum atomic E-state index is 0.602. The van der Waals surface area contributed by atoms with Crippen LogP contribution >= 0.6 is 11.3 Å². The van der Waals surface area contributed by atoms with Gasteiger partial charge in [0.2, 0.25) is 5.95 Å². The number of hydrogen-bond donors (Lipinski definition) is 2. The van der Waals surface area contributed by atoms with E-state index in [4.69, 9.17) is 5.10 Å². The van der Waals surface area contributed by atoms with Crippen molar-refractivity contribution < 1.29 is 0 Å². The molecule has 0 amide bonds. The Morgan fingerprint density at radius 1 is 1.00 bits per heavy atom. The van der Waals surface area contributed by atoms with Crippen molar-refractivity contribution in [1.29, 1.82) is 0 Å². The zero-order valence-corrected chi connectivity index (χ0v) is 15.6. The SMILES string of the molecule is C(=N/Nc1nc2ccccc2[nH]1)/c1cn(-c2ccccc2)nc1-c1cccs1. The van der Waals surface area contributed by atoms with Crippen LogP contribution in [0.5, 0.6) is 0 Å². The van der Waals surface area contributed by atoms with E-state index in [1.54, 1.807) is 17.6 Å². The van der Waals surface area contributed by atoms with Crippen LogP contribution < -0.4 is 5.43 Å². The first-order valence-electron chi connectivity index (χ1n) is 8.79. The highest BCUT2D eigenvalue weighted by Gasteiger charge is 2.12. The van der Waals surface area contributed by atoms with Crippen molar-refractivity contribution in [2.24, 2.45) is 5.10 Å². The molecule has 0 spiro atoms. The van der Waals surface area contributed by atoms with E-state index in [1.165, 1.54) is 0 Å². The quantitative estimate of drug-likeness (QED) is 0.334. The van der Waals surface area contributed by atoms with Crippen LogP contribution in [0.2, 0.25) is 0 Å². The molecule has 0 aliphatic heterocycles. The lowest BCUT2D eigenvalue weighted by atomic mass is 10.2. The lowest BCUT2D eigenvalue weighted by Crippen LogP contribution is -1.93. The number of fused-ring (bicyclic) bond motifs is 1. The van der Waals surface area contributed by atoms with E-state index in [9.17, 15) is 0 Å². The molecule has 5 rings (SSSR count). The Labute approximate surface area is 165 Å². The van der Waals surface area contributed by atoms with Gasteiger partial charge in [0, 0.05) is 11.8 Å². The second-order valence-corrected chi connectivity index (χ2v) is 7.11. The summed E-state index contributed by atoms with van der Waals surface area (Å²) in [5.74, 6) is 0.602. The molecule has 0 radical (unpaired) electrons. The predicted molar refractivity (Wildman–Crippen MR) is 114 cm³/mol. The van der Waals surface area contributed by atoms with Gasteiger partial charge < -0.3 is 4.98 Å². The summed E-state index contributed by atoms with van der Waals surface area (Å²) >= 11 is 1.66. The molecule has 7 heteroatoms. The van der Waals surface area contributed by atoms with Gasteiger partial charge in [0.1, 0.15) is 5.69 Å². The topological polar surface area (TPSA) is 70.9 Å². The Morgan fingerprint density at radius 2 is 1.86 bits per heavy atom. The van der Waals surface area contributed by atoms with E-state index >= 15 is 0 Å². The van der Waals surface area contributed by atoms with Crippen molar-refractivity contribution in [3.63, 3.8) is 0 Å². The third-order valence-electron chi connectivity index (χ3n) is 4.28. The van der Waals surface area contributed by atoms with Crippen molar-refractivity contribution in [1.82, 2.24) is 19.7 Å². The number of hydrazone groups is 1. The third kappa shape index (κ3) is 3.19. The summed E-state index contributed by atoms with van der Waals surface area (Å²) in [5, 5.41) is 11.2. The molecular formula is C21H16N6S. The van der Waals surface area contributed by atoms with Crippen LogP contribution in [0.15, 0.2) is 83.4 Å². The summed E-state index contributed by atoms with van der Waals surface area (Å²) in [6, 6.07) is 22.0. The maximum atomic E-state index is 4.77. The Hall–Kier alpha value is -3.71. The second-order valence-electron chi connectivity index (χ2n) is 6.16. The molecule has 0 bridgehead atoms. The molecule has 0 fully saturated rings. The van der Waals surface area contributed by atoms with E-state index in [0.717, 1.165) is 32.9 Å². The number of rotatable bonds is 5. The average molecular weight is 384 g/mol. The Bertz CT molecular complexity index is 1200. The van der Waals surface area contributed by atoms with Gasteiger partial charge in [-0.1, -0.05) is 36.4 Å². The van der Waals surface area contributed by atoms with Crippen LogP contribution in [-0.2, 0) is 0 Å². The molecule has 0 atom stereocenters. The average Bonchev–Trinajstić information content (AvgIpc) is 3.47. The predicted octanol–water partition coefficient (Wildman–Crippen LogP) is 4.92. The molecule has 136 valence electrons. The first-order chi connectivity index (χ1) is 13.9. The summed E-state index contributed by atoms with van der Waals surface area (Å²) in [4.78, 5) is 8.77. The first-order valence-corrected chi connectivity index (χ1v) is 9.67. The van der Waals surface area contributed by atoms with Crippen LogP contribution in [-0.4, -0.2) is 26.0 Å². The minimum Gasteiger partial charge on any atom is -0.323 e. The molecular weight excluding hydrogens is 368 g/mol. The molecule has 3 heterocycles. The fourth-order valence-corrected chi connectivity index (χ4v) is 3.70. The highest BCUT2D eigenvalue weighted by atomic mass is 32.1. The zero-order chi connectivity index (χ0) is 18.8. The number of nitrogens with zero attached hydrogens (tertiary/aromatic N) is 4. The number of hydrogen-bond acceptors (Lipinski definition) is 5. The second kappa shape index (κ2) is 7.13. The molecule has 3 aromatic heterocycles. The number of benzene rings is 2. The van der Waals surface area contributed by atoms with Crippen LogP contribution in [0.4, 0.5) is 5.95 Å². The van der Waals surface area contributed by atoms with Gasteiger partial charge in [-0.2, -0.15) is 10.2 Å². The Kier molecular flexibility index (Phi) is 4.19. The standard InChI is InChI=1S/C21H16N6S/c1-2-7-16(8-3-1)27-14-15(20(26-27)19-11-6-12-28-19)13-22-25-21-23-17-9-4-5-10-18(17)24-21/h1-14H,(H2,23,24,25)/b22-13-. The van der Waals surface area contributed by atoms with E-state index in [0.29, 0.717) is 5.95 Å². The van der Waals surface area contributed by atoms with E-state index in [2.05, 4.69) is 26.6 Å². The van der Waals surface area contributed by atoms with Crippen LogP contribution in [0.3, 0.4) is 0 Å². The summed E-state index contributed by atoms with van der Waals surface area (Å²) < 4.78 is 1.87. The lowest BCUT2D eigenvalue weighted by Gasteiger charge is -1.98. The fraction of sp³-hybridized carbons (Fsp3) is 0. The van der Waals surface area contributed by atoms with Gasteiger partial charge in [0.15, 0.2) is 0 Å². The normalized spacial score (nSPS) is 11.4. The largest absolute Gasteiger partial charge is 0.323 e. The van der Waals surface area contributed by atoms with Crippen molar-refractivity contribution in [2.75, 3.05) is 5.43 Å². The van der Waals surface area contributed by atoms with E-state index in [1.807, 2.05) is 76.9 Å². The zero-order valence-electron chi connectivity index (χ0n) is 14.8. The first kappa shape index (κ1) is 16.5. The van der Waals surface area contributed by atoms with Crippen molar-refractivity contribution in [3.05, 3.63) is 83.9 Å². The van der Waals surface area contributed by atoms with Gasteiger partial charge in [-0.05, 0) is 35.7 Å². The third-order valence-corrected chi connectivity index (χ3v) is 5.16. The van der Waals surface area contributed by atoms with Gasteiger partial charge in [-0.25, -0.2) is 15.1 Å². The highest BCUT2D eigenvalue weighted by molar-refractivity contribution is 7.13. The van der Waals surface area contributed by atoms with Gasteiger partial charge in [0.05, 0.1) is 27.8 Å². The molecule has 0 saturated heterocycles. The molecule has 2 aromatic carbocycles. The number of para-hydroxylation sites is 3. The number of nitrogens with one attached hydrogen (secondary N) is 2. The molecule has 0 aliphatic rings. The molecule has 0 aliphatic carbocycles. The molecule has 2 N–H and O–H groups in total. The lowest BCUT2D eigenvalue weighted by molar-refractivity contribution is 0.885. The maximum absolute atomic E-state index is 4.77. The van der Waals surface area contributed by atoms with Gasteiger partial charge in [-0.3, -0.25) is 0 Å². The Morgan fingerprint density at radius 3 is 2.68 bits per heavy atom. The monoisotopic (exact) mass is 384 g/mol. The fourth-order valence-electron chi connectivity index (χ4n) is 2.97. The maximum Gasteiger partial charge on any atom is 0.222 e. The molecule has 28 heavy (non-hydrogen) atoms. The van der Waals surface area contributed by atoms with E-state index in [-0.39, 0.29) is 0 Å². The van der Waals surface area contributed by atoms with Gasteiger partial charge in [-0.15, -0.1) is 11.3 Å². The number of aromatic nitrogens is 4. The number of thiophene rings is 1.